The summed E-state index contributed by atoms with van der Waals surface area (Å²) in [7, 11) is 4.03. The predicted molar refractivity (Wildman–Crippen MR) is 69.8 cm³/mol. The normalized spacial score (nSPS) is 10.2. The maximum Gasteiger partial charge on any atom is 0.0445 e. The molecule has 0 aliphatic rings. The van der Waals surface area contributed by atoms with Gasteiger partial charge in [0.25, 0.3) is 0 Å². The number of anilines is 1. The van der Waals surface area contributed by atoms with Crippen LogP contribution in [0.15, 0.2) is 24.4 Å². The molecule has 0 amide bonds. The van der Waals surface area contributed by atoms with Gasteiger partial charge >= 0.3 is 0 Å². The van der Waals surface area contributed by atoms with Crippen LogP contribution in [-0.2, 0) is 6.54 Å². The van der Waals surface area contributed by atoms with Gasteiger partial charge in [0.15, 0.2) is 0 Å². The molecule has 1 aromatic heterocycles. The highest BCUT2D eigenvalue weighted by Crippen LogP contribution is 2.20. The number of pyridine rings is 1. The first-order valence-corrected chi connectivity index (χ1v) is 5.50. The van der Waals surface area contributed by atoms with Crippen LogP contribution >= 0.6 is 0 Å². The molecule has 0 saturated heterocycles. The van der Waals surface area contributed by atoms with Gasteiger partial charge in [-0.25, -0.2) is 0 Å². The lowest BCUT2D eigenvalue weighted by molar-refractivity contribution is 0.804. The Morgan fingerprint density at radius 2 is 2.25 bits per heavy atom. The first kappa shape index (κ1) is 12.7. The molecule has 0 aliphatic heterocycles. The highest BCUT2D eigenvalue weighted by atomic mass is 15.1. The van der Waals surface area contributed by atoms with Gasteiger partial charge in [0.05, 0.1) is 0 Å². The summed E-state index contributed by atoms with van der Waals surface area (Å²) in [5.74, 6) is 0. The number of likely N-dealkylation sites (N-methyl/N-ethyl adjacent to an activating group) is 1. The minimum absolute atomic E-state index is 0.836. The van der Waals surface area contributed by atoms with Crippen LogP contribution < -0.4 is 10.2 Å². The van der Waals surface area contributed by atoms with Gasteiger partial charge in [-0.3, -0.25) is 4.98 Å². The van der Waals surface area contributed by atoms with Crippen molar-refractivity contribution in [3.8, 4) is 0 Å². The summed E-state index contributed by atoms with van der Waals surface area (Å²) in [5, 5.41) is 3.16. The van der Waals surface area contributed by atoms with Crippen molar-refractivity contribution in [3.05, 3.63) is 35.7 Å². The molecule has 1 aromatic rings. The summed E-state index contributed by atoms with van der Waals surface area (Å²) in [5.41, 5.74) is 4.65. The van der Waals surface area contributed by atoms with Crippen molar-refractivity contribution < 1.29 is 0 Å². The van der Waals surface area contributed by atoms with Crippen LogP contribution in [0.4, 0.5) is 5.69 Å². The van der Waals surface area contributed by atoms with Crippen LogP contribution in [0.3, 0.4) is 0 Å². The zero-order chi connectivity index (χ0) is 12.1. The number of nitrogens with one attached hydrogen (secondary N) is 1. The fourth-order valence-corrected chi connectivity index (χ4v) is 1.75. The van der Waals surface area contributed by atoms with Gasteiger partial charge in [-0.15, -0.1) is 0 Å². The number of hydrogen-bond acceptors (Lipinski definition) is 3. The van der Waals surface area contributed by atoms with Gasteiger partial charge in [0.2, 0.25) is 0 Å². The molecule has 88 valence electrons. The van der Waals surface area contributed by atoms with E-state index in [1.807, 2.05) is 27.1 Å². The first-order chi connectivity index (χ1) is 7.54. The molecule has 0 aromatic carbocycles. The van der Waals surface area contributed by atoms with Gasteiger partial charge in [0.1, 0.15) is 0 Å². The van der Waals surface area contributed by atoms with Crippen molar-refractivity contribution in [3.63, 3.8) is 0 Å². The standard InChI is InChI=1S/C13H21N3/c1-10(2)9-16(5)13-6-11(3)15-8-12(13)7-14-4/h6,8,14H,1,7,9H2,2-5H3. The van der Waals surface area contributed by atoms with Gasteiger partial charge in [-0.05, 0) is 27.0 Å². The molecule has 0 fully saturated rings. The second-order valence-corrected chi connectivity index (χ2v) is 4.30. The SMILES string of the molecule is C=C(C)CN(C)c1cc(C)ncc1CNC. The average molecular weight is 219 g/mol. The predicted octanol–water partition coefficient (Wildman–Crippen LogP) is 2.12. The Labute approximate surface area is 98.2 Å². The zero-order valence-electron chi connectivity index (χ0n) is 10.7. The minimum Gasteiger partial charge on any atom is -0.370 e. The van der Waals surface area contributed by atoms with E-state index in [1.54, 1.807) is 0 Å². The summed E-state index contributed by atoms with van der Waals surface area (Å²) < 4.78 is 0. The quantitative estimate of drug-likeness (QED) is 0.769. The van der Waals surface area contributed by atoms with Gasteiger partial charge in [0, 0.05) is 43.3 Å². The fourth-order valence-electron chi connectivity index (χ4n) is 1.75. The van der Waals surface area contributed by atoms with Crippen molar-refractivity contribution in [2.45, 2.75) is 20.4 Å². The van der Waals surface area contributed by atoms with Crippen molar-refractivity contribution in [2.24, 2.45) is 0 Å². The summed E-state index contributed by atoms with van der Waals surface area (Å²) in [6.45, 7) is 9.72. The van der Waals surface area contributed by atoms with Crippen LogP contribution in [-0.4, -0.2) is 25.6 Å². The lowest BCUT2D eigenvalue weighted by Crippen LogP contribution is -2.22. The maximum atomic E-state index is 4.33. The molecular weight excluding hydrogens is 198 g/mol. The molecule has 0 spiro atoms. The molecule has 0 unspecified atom stereocenters. The topological polar surface area (TPSA) is 28.2 Å². The summed E-state index contributed by atoms with van der Waals surface area (Å²) in [6, 6.07) is 2.12. The highest BCUT2D eigenvalue weighted by molar-refractivity contribution is 5.53. The van der Waals surface area contributed by atoms with E-state index in [2.05, 4.69) is 34.9 Å². The molecular formula is C13H21N3. The van der Waals surface area contributed by atoms with Gasteiger partial charge in [-0.2, -0.15) is 0 Å². The van der Waals surface area contributed by atoms with E-state index in [9.17, 15) is 0 Å². The van der Waals surface area contributed by atoms with Crippen LogP contribution in [0.2, 0.25) is 0 Å². The smallest absolute Gasteiger partial charge is 0.0445 e. The minimum atomic E-state index is 0.836. The van der Waals surface area contributed by atoms with E-state index in [4.69, 9.17) is 0 Å². The molecule has 0 bridgehead atoms. The Hall–Kier alpha value is -1.35. The van der Waals surface area contributed by atoms with E-state index in [0.717, 1.165) is 24.4 Å². The molecule has 3 nitrogen and oxygen atoms in total. The second kappa shape index (κ2) is 5.66. The highest BCUT2D eigenvalue weighted by Gasteiger charge is 2.08. The van der Waals surface area contributed by atoms with Gasteiger partial charge < -0.3 is 10.2 Å². The van der Waals surface area contributed by atoms with E-state index < -0.39 is 0 Å². The molecule has 0 radical (unpaired) electrons. The lowest BCUT2D eigenvalue weighted by atomic mass is 10.1. The average Bonchev–Trinajstić information content (AvgIpc) is 2.20. The van der Waals surface area contributed by atoms with Crippen molar-refractivity contribution in [2.75, 3.05) is 25.5 Å². The number of aryl methyl sites for hydroxylation is 1. The third kappa shape index (κ3) is 3.35. The maximum absolute atomic E-state index is 4.33. The van der Waals surface area contributed by atoms with Crippen LogP contribution in [0, 0.1) is 6.92 Å². The third-order valence-electron chi connectivity index (χ3n) is 2.38. The zero-order valence-corrected chi connectivity index (χ0v) is 10.7. The van der Waals surface area contributed by atoms with E-state index in [-0.39, 0.29) is 0 Å². The van der Waals surface area contributed by atoms with E-state index >= 15 is 0 Å². The van der Waals surface area contributed by atoms with Crippen molar-refractivity contribution in [1.29, 1.82) is 0 Å². The fraction of sp³-hybridized carbons (Fsp3) is 0.462. The number of rotatable bonds is 5. The second-order valence-electron chi connectivity index (χ2n) is 4.30. The molecule has 1 rings (SSSR count). The van der Waals surface area contributed by atoms with E-state index in [1.165, 1.54) is 11.3 Å². The first-order valence-electron chi connectivity index (χ1n) is 5.50. The Balaban J connectivity index is 2.98. The Bertz CT molecular complexity index is 371. The largest absolute Gasteiger partial charge is 0.370 e. The van der Waals surface area contributed by atoms with E-state index in [0.29, 0.717) is 0 Å². The van der Waals surface area contributed by atoms with Crippen LogP contribution in [0.5, 0.6) is 0 Å². The molecule has 0 aliphatic carbocycles. The lowest BCUT2D eigenvalue weighted by Gasteiger charge is -2.22. The number of hydrogen-bond donors (Lipinski definition) is 1. The van der Waals surface area contributed by atoms with Crippen molar-refractivity contribution in [1.82, 2.24) is 10.3 Å². The van der Waals surface area contributed by atoms with Crippen molar-refractivity contribution >= 4 is 5.69 Å². The summed E-state index contributed by atoms with van der Waals surface area (Å²) in [6.07, 6.45) is 1.94. The third-order valence-corrected chi connectivity index (χ3v) is 2.38. The molecule has 0 saturated carbocycles. The molecule has 0 atom stereocenters. The summed E-state index contributed by atoms with van der Waals surface area (Å²) in [4.78, 5) is 6.54. The number of nitrogens with zero attached hydrogens (tertiary/aromatic N) is 2. The van der Waals surface area contributed by atoms with Crippen LogP contribution in [0.25, 0.3) is 0 Å². The Morgan fingerprint density at radius 1 is 1.56 bits per heavy atom. The van der Waals surface area contributed by atoms with Crippen LogP contribution in [0.1, 0.15) is 18.2 Å². The molecule has 3 heteroatoms. The summed E-state index contributed by atoms with van der Waals surface area (Å²) >= 11 is 0. The Morgan fingerprint density at radius 3 is 2.81 bits per heavy atom. The number of aromatic nitrogens is 1. The molecule has 16 heavy (non-hydrogen) atoms. The Kier molecular flexibility index (Phi) is 4.50. The monoisotopic (exact) mass is 219 g/mol. The molecule has 1 heterocycles. The molecule has 1 N–H and O–H groups in total. The van der Waals surface area contributed by atoms with Gasteiger partial charge in [-0.1, -0.05) is 12.2 Å².